The summed E-state index contributed by atoms with van der Waals surface area (Å²) in [5.74, 6) is 0.846. The molecule has 0 spiro atoms. The Morgan fingerprint density at radius 2 is 2.00 bits per heavy atom. The van der Waals surface area contributed by atoms with Gasteiger partial charge in [0.2, 0.25) is 0 Å². The molecule has 1 heterocycles. The fourth-order valence-electron chi connectivity index (χ4n) is 1.94. The van der Waals surface area contributed by atoms with Crippen LogP contribution >= 0.6 is 11.3 Å². The molecular formula is C14H18N2OS. The van der Waals surface area contributed by atoms with Crippen molar-refractivity contribution in [2.24, 2.45) is 5.73 Å². The monoisotopic (exact) mass is 262 g/mol. The molecule has 1 unspecified atom stereocenters. The van der Waals surface area contributed by atoms with Crippen molar-refractivity contribution in [2.75, 3.05) is 7.11 Å². The third-order valence-electron chi connectivity index (χ3n) is 2.96. The van der Waals surface area contributed by atoms with E-state index in [1.165, 1.54) is 0 Å². The smallest absolute Gasteiger partial charge is 0.118 e. The summed E-state index contributed by atoms with van der Waals surface area (Å²) in [5, 5.41) is 3.15. The van der Waals surface area contributed by atoms with Crippen LogP contribution < -0.4 is 10.5 Å². The highest BCUT2D eigenvalue weighted by Gasteiger charge is 2.22. The van der Waals surface area contributed by atoms with E-state index in [2.05, 4.69) is 10.4 Å². The predicted molar refractivity (Wildman–Crippen MR) is 75.1 cm³/mol. The van der Waals surface area contributed by atoms with Gasteiger partial charge in [-0.05, 0) is 31.5 Å². The summed E-state index contributed by atoms with van der Waals surface area (Å²) in [6, 6.07) is 7.90. The second-order valence-electron chi connectivity index (χ2n) is 4.68. The van der Waals surface area contributed by atoms with Crippen LogP contribution in [0.25, 0.3) is 0 Å². The van der Waals surface area contributed by atoms with Gasteiger partial charge in [-0.2, -0.15) is 0 Å². The molecule has 0 aliphatic carbocycles. The molecule has 0 fully saturated rings. The molecule has 96 valence electrons. The summed E-state index contributed by atoms with van der Waals surface area (Å²) in [4.78, 5) is 4.47. The first-order valence-electron chi connectivity index (χ1n) is 5.86. The minimum absolute atomic E-state index is 0.410. The van der Waals surface area contributed by atoms with Crippen LogP contribution in [-0.4, -0.2) is 12.1 Å². The van der Waals surface area contributed by atoms with E-state index in [1.54, 1.807) is 18.4 Å². The topological polar surface area (TPSA) is 48.1 Å². The standard InChI is InChI=1S/C14H18N2OS/c1-10-16-12(9-18-10)8-14(2,15)11-4-6-13(17-3)7-5-11/h4-7,9H,8,15H2,1-3H3. The molecular weight excluding hydrogens is 244 g/mol. The maximum absolute atomic E-state index is 6.39. The fraction of sp³-hybridized carbons (Fsp3) is 0.357. The van der Waals surface area contributed by atoms with Crippen LogP contribution in [0.15, 0.2) is 29.6 Å². The SMILES string of the molecule is COc1ccc(C(C)(N)Cc2csc(C)n2)cc1. The average molecular weight is 262 g/mol. The maximum Gasteiger partial charge on any atom is 0.118 e. The number of ether oxygens (including phenoxy) is 1. The van der Waals surface area contributed by atoms with E-state index in [0.717, 1.165) is 28.4 Å². The highest BCUT2D eigenvalue weighted by atomic mass is 32.1. The summed E-state index contributed by atoms with van der Waals surface area (Å²) in [5.41, 5.74) is 8.13. The number of aromatic nitrogens is 1. The second kappa shape index (κ2) is 5.08. The number of benzene rings is 1. The van der Waals surface area contributed by atoms with Gasteiger partial charge in [0.25, 0.3) is 0 Å². The summed E-state index contributed by atoms with van der Waals surface area (Å²) in [6.07, 6.45) is 0.740. The van der Waals surface area contributed by atoms with Crippen molar-refractivity contribution in [3.8, 4) is 5.75 Å². The van der Waals surface area contributed by atoms with E-state index in [1.807, 2.05) is 38.1 Å². The van der Waals surface area contributed by atoms with Gasteiger partial charge in [0.15, 0.2) is 0 Å². The molecule has 1 aromatic carbocycles. The lowest BCUT2D eigenvalue weighted by molar-refractivity contribution is 0.413. The van der Waals surface area contributed by atoms with E-state index >= 15 is 0 Å². The largest absolute Gasteiger partial charge is 0.497 e. The average Bonchev–Trinajstić information content (AvgIpc) is 2.74. The lowest BCUT2D eigenvalue weighted by Gasteiger charge is -2.24. The molecule has 1 atom stereocenters. The van der Waals surface area contributed by atoms with E-state index in [4.69, 9.17) is 10.5 Å². The molecule has 0 radical (unpaired) electrons. The van der Waals surface area contributed by atoms with Crippen molar-refractivity contribution in [1.29, 1.82) is 0 Å². The number of nitrogens with two attached hydrogens (primary N) is 1. The van der Waals surface area contributed by atoms with Gasteiger partial charge in [-0.15, -0.1) is 11.3 Å². The van der Waals surface area contributed by atoms with Crippen LogP contribution in [0.4, 0.5) is 0 Å². The molecule has 18 heavy (non-hydrogen) atoms. The van der Waals surface area contributed by atoms with Gasteiger partial charge in [-0.3, -0.25) is 0 Å². The first-order chi connectivity index (χ1) is 8.51. The highest BCUT2D eigenvalue weighted by molar-refractivity contribution is 7.09. The predicted octanol–water partition coefficient (Wildman–Crippen LogP) is 2.88. The number of rotatable bonds is 4. The lowest BCUT2D eigenvalue weighted by atomic mass is 9.89. The van der Waals surface area contributed by atoms with E-state index in [9.17, 15) is 0 Å². The van der Waals surface area contributed by atoms with Crippen molar-refractivity contribution in [1.82, 2.24) is 4.98 Å². The molecule has 2 N–H and O–H groups in total. The molecule has 2 rings (SSSR count). The number of hydrogen-bond donors (Lipinski definition) is 1. The first kappa shape index (κ1) is 13.1. The third kappa shape index (κ3) is 2.89. The van der Waals surface area contributed by atoms with Crippen LogP contribution in [-0.2, 0) is 12.0 Å². The Hall–Kier alpha value is -1.39. The van der Waals surface area contributed by atoms with Gasteiger partial charge >= 0.3 is 0 Å². The molecule has 0 amide bonds. The molecule has 1 aromatic heterocycles. The van der Waals surface area contributed by atoms with Crippen molar-refractivity contribution in [2.45, 2.75) is 25.8 Å². The molecule has 0 aliphatic rings. The Kier molecular flexibility index (Phi) is 3.68. The van der Waals surface area contributed by atoms with Gasteiger partial charge in [0.1, 0.15) is 5.75 Å². The van der Waals surface area contributed by atoms with Crippen LogP contribution in [0.5, 0.6) is 5.75 Å². The summed E-state index contributed by atoms with van der Waals surface area (Å²) < 4.78 is 5.15. The number of hydrogen-bond acceptors (Lipinski definition) is 4. The van der Waals surface area contributed by atoms with Crippen molar-refractivity contribution in [3.05, 3.63) is 45.9 Å². The third-order valence-corrected chi connectivity index (χ3v) is 3.79. The molecule has 0 bridgehead atoms. The Bertz CT molecular complexity index is 517. The van der Waals surface area contributed by atoms with Crippen molar-refractivity contribution < 1.29 is 4.74 Å². The summed E-state index contributed by atoms with van der Waals surface area (Å²) in [6.45, 7) is 4.04. The summed E-state index contributed by atoms with van der Waals surface area (Å²) in [7, 11) is 1.66. The number of aryl methyl sites for hydroxylation is 1. The number of thiazole rings is 1. The first-order valence-corrected chi connectivity index (χ1v) is 6.73. The zero-order valence-electron chi connectivity index (χ0n) is 10.9. The Labute approximate surface area is 112 Å². The maximum atomic E-state index is 6.39. The van der Waals surface area contributed by atoms with Gasteiger partial charge in [-0.25, -0.2) is 4.98 Å². The van der Waals surface area contributed by atoms with Crippen molar-refractivity contribution >= 4 is 11.3 Å². The van der Waals surface area contributed by atoms with Gasteiger partial charge in [0, 0.05) is 17.3 Å². The Balaban J connectivity index is 2.18. The molecule has 4 heteroatoms. The number of nitrogens with zero attached hydrogens (tertiary/aromatic N) is 1. The Morgan fingerprint density at radius 1 is 1.33 bits per heavy atom. The molecule has 2 aromatic rings. The highest BCUT2D eigenvalue weighted by Crippen LogP contribution is 2.25. The second-order valence-corrected chi connectivity index (χ2v) is 5.74. The minimum Gasteiger partial charge on any atom is -0.497 e. The molecule has 0 saturated heterocycles. The summed E-state index contributed by atoms with van der Waals surface area (Å²) >= 11 is 1.66. The van der Waals surface area contributed by atoms with Gasteiger partial charge in [0.05, 0.1) is 17.8 Å². The molecule has 0 saturated carbocycles. The van der Waals surface area contributed by atoms with Crippen LogP contribution in [0.2, 0.25) is 0 Å². The zero-order chi connectivity index (χ0) is 13.2. The van der Waals surface area contributed by atoms with Crippen LogP contribution in [0.1, 0.15) is 23.2 Å². The minimum atomic E-state index is -0.410. The normalized spacial score (nSPS) is 14.2. The van der Waals surface area contributed by atoms with Crippen LogP contribution in [0.3, 0.4) is 0 Å². The van der Waals surface area contributed by atoms with Gasteiger partial charge in [-0.1, -0.05) is 12.1 Å². The van der Waals surface area contributed by atoms with Crippen LogP contribution in [0, 0.1) is 6.92 Å². The fourth-order valence-corrected chi connectivity index (χ4v) is 2.55. The van der Waals surface area contributed by atoms with E-state index in [0.29, 0.717) is 0 Å². The van der Waals surface area contributed by atoms with E-state index < -0.39 is 5.54 Å². The molecule has 0 aliphatic heterocycles. The van der Waals surface area contributed by atoms with Gasteiger partial charge < -0.3 is 10.5 Å². The Morgan fingerprint density at radius 3 is 2.50 bits per heavy atom. The number of methoxy groups -OCH3 is 1. The van der Waals surface area contributed by atoms with Crippen molar-refractivity contribution in [3.63, 3.8) is 0 Å². The zero-order valence-corrected chi connectivity index (χ0v) is 11.8. The lowest BCUT2D eigenvalue weighted by Crippen LogP contribution is -2.35. The quantitative estimate of drug-likeness (QED) is 0.921. The molecule has 3 nitrogen and oxygen atoms in total. The van der Waals surface area contributed by atoms with E-state index in [-0.39, 0.29) is 0 Å².